The predicted octanol–water partition coefficient (Wildman–Crippen LogP) is 2.87. The van der Waals surface area contributed by atoms with Crippen LogP contribution in [-0.2, 0) is 6.54 Å². The standard InChI is InChI=1S/C11H5Cl2N5/c12-8-1-2-9-7(11(8)13)4-18(6-17-9)10(3-14)16-5-15/h1-2,6H,4H2. The fourth-order valence-electron chi connectivity index (χ4n) is 1.53. The van der Waals surface area contributed by atoms with Crippen LogP contribution in [0.15, 0.2) is 22.1 Å². The van der Waals surface area contributed by atoms with Gasteiger partial charge >= 0.3 is 0 Å². The van der Waals surface area contributed by atoms with E-state index in [4.69, 9.17) is 33.7 Å². The summed E-state index contributed by atoms with van der Waals surface area (Å²) < 4.78 is 0. The molecule has 88 valence electrons. The van der Waals surface area contributed by atoms with Crippen LogP contribution in [0.2, 0.25) is 10.0 Å². The molecule has 0 radical (unpaired) electrons. The van der Waals surface area contributed by atoms with Crippen LogP contribution in [0.5, 0.6) is 0 Å². The molecule has 5 nitrogen and oxygen atoms in total. The highest BCUT2D eigenvalue weighted by Crippen LogP contribution is 2.35. The van der Waals surface area contributed by atoms with Gasteiger partial charge in [-0.05, 0) is 12.1 Å². The normalized spacial score (nSPS) is 13.8. The third kappa shape index (κ3) is 2.14. The third-order valence-corrected chi connectivity index (χ3v) is 3.21. The predicted molar refractivity (Wildman–Crippen MR) is 68.8 cm³/mol. The summed E-state index contributed by atoms with van der Waals surface area (Å²) in [6, 6.07) is 5.22. The molecule has 1 heterocycles. The molecule has 1 aliphatic heterocycles. The Morgan fingerprint density at radius 3 is 2.83 bits per heavy atom. The molecule has 1 aromatic rings. The molecule has 0 unspecified atom stereocenters. The first-order valence-corrected chi connectivity index (χ1v) is 5.57. The minimum absolute atomic E-state index is 0.0389. The second-order valence-corrected chi connectivity index (χ2v) is 4.16. The third-order valence-electron chi connectivity index (χ3n) is 2.36. The van der Waals surface area contributed by atoms with E-state index in [-0.39, 0.29) is 5.84 Å². The zero-order valence-electron chi connectivity index (χ0n) is 8.93. The highest BCUT2D eigenvalue weighted by molar-refractivity contribution is 6.42. The average Bonchev–Trinajstić information content (AvgIpc) is 2.40. The molecule has 7 heteroatoms. The summed E-state index contributed by atoms with van der Waals surface area (Å²) in [7, 11) is 0. The topological polar surface area (TPSA) is 75.5 Å². The quantitative estimate of drug-likeness (QED) is 0.416. The lowest BCUT2D eigenvalue weighted by molar-refractivity contribution is 0.616. The molecule has 0 aromatic heterocycles. The van der Waals surface area contributed by atoms with Crippen molar-refractivity contribution in [3.63, 3.8) is 0 Å². The maximum Gasteiger partial charge on any atom is 0.225 e. The Morgan fingerprint density at radius 2 is 2.17 bits per heavy atom. The van der Waals surface area contributed by atoms with Gasteiger partial charge in [-0.15, -0.1) is 4.99 Å². The second kappa shape index (κ2) is 5.05. The van der Waals surface area contributed by atoms with E-state index in [1.165, 1.54) is 11.2 Å². The van der Waals surface area contributed by atoms with Crippen LogP contribution in [0.4, 0.5) is 5.69 Å². The minimum Gasteiger partial charge on any atom is -0.303 e. The summed E-state index contributed by atoms with van der Waals surface area (Å²) >= 11 is 12.0. The van der Waals surface area contributed by atoms with Crippen molar-refractivity contribution in [2.24, 2.45) is 9.98 Å². The molecule has 0 spiro atoms. The average molecular weight is 278 g/mol. The minimum atomic E-state index is -0.0389. The van der Waals surface area contributed by atoms with Gasteiger partial charge in [-0.3, -0.25) is 0 Å². The fraction of sp³-hybridized carbons (Fsp3) is 0.0909. The highest BCUT2D eigenvalue weighted by Gasteiger charge is 2.20. The second-order valence-electron chi connectivity index (χ2n) is 3.38. The summed E-state index contributed by atoms with van der Waals surface area (Å²) in [4.78, 5) is 8.99. The van der Waals surface area contributed by atoms with Crippen molar-refractivity contribution in [1.82, 2.24) is 4.90 Å². The van der Waals surface area contributed by atoms with Gasteiger partial charge in [-0.25, -0.2) is 4.99 Å². The number of nitriles is 2. The number of halogens is 2. The van der Waals surface area contributed by atoms with Gasteiger partial charge in [-0.2, -0.15) is 10.5 Å². The van der Waals surface area contributed by atoms with Crippen LogP contribution >= 0.6 is 23.2 Å². The summed E-state index contributed by atoms with van der Waals surface area (Å²) in [5.74, 6) is -0.0389. The lowest BCUT2D eigenvalue weighted by Crippen LogP contribution is -2.30. The van der Waals surface area contributed by atoms with Gasteiger partial charge in [0.05, 0.1) is 28.6 Å². The van der Waals surface area contributed by atoms with Crippen molar-refractivity contribution in [1.29, 1.82) is 10.5 Å². The van der Waals surface area contributed by atoms with Crippen molar-refractivity contribution < 1.29 is 0 Å². The summed E-state index contributed by atoms with van der Waals surface area (Å²) in [5, 5.41) is 18.2. The number of rotatable bonds is 0. The lowest BCUT2D eigenvalue weighted by atomic mass is 10.1. The molecule has 0 aliphatic carbocycles. The number of amidine groups is 1. The first kappa shape index (κ1) is 12.4. The molecule has 18 heavy (non-hydrogen) atoms. The molecule has 0 atom stereocenters. The highest BCUT2D eigenvalue weighted by atomic mass is 35.5. The van der Waals surface area contributed by atoms with Gasteiger partial charge in [0.25, 0.3) is 0 Å². The Hall–Kier alpha value is -2.08. The van der Waals surface area contributed by atoms with Gasteiger partial charge in [0.15, 0.2) is 0 Å². The first-order valence-electron chi connectivity index (χ1n) is 4.82. The summed E-state index contributed by atoms with van der Waals surface area (Å²) in [5.41, 5.74) is 1.39. The molecule has 0 saturated carbocycles. The monoisotopic (exact) mass is 277 g/mol. The molecule has 0 saturated heterocycles. The van der Waals surface area contributed by atoms with Gasteiger partial charge in [-0.1, -0.05) is 23.2 Å². The van der Waals surface area contributed by atoms with E-state index in [1.54, 1.807) is 18.3 Å². The van der Waals surface area contributed by atoms with E-state index in [9.17, 15) is 0 Å². The zero-order chi connectivity index (χ0) is 13.1. The SMILES string of the molecule is N#CN=C(C#N)N1C=Nc2ccc(Cl)c(Cl)c2C1. The van der Waals surface area contributed by atoms with Crippen LogP contribution in [0.1, 0.15) is 5.56 Å². The number of fused-ring (bicyclic) bond motifs is 1. The molecule has 1 aromatic carbocycles. The van der Waals surface area contributed by atoms with Crippen molar-refractivity contribution in [2.45, 2.75) is 6.54 Å². The molecular weight excluding hydrogens is 273 g/mol. The Balaban J connectivity index is 2.42. The molecular formula is C11H5Cl2N5. The van der Waals surface area contributed by atoms with Crippen LogP contribution in [0.3, 0.4) is 0 Å². The van der Waals surface area contributed by atoms with Gasteiger partial charge < -0.3 is 4.90 Å². The summed E-state index contributed by atoms with van der Waals surface area (Å²) in [6.45, 7) is 0.298. The summed E-state index contributed by atoms with van der Waals surface area (Å²) in [6.07, 6.45) is 3.01. The molecule has 0 fully saturated rings. The number of nitrogens with zero attached hydrogens (tertiary/aromatic N) is 5. The van der Waals surface area contributed by atoms with E-state index in [1.807, 2.05) is 6.07 Å². The fourth-order valence-corrected chi connectivity index (χ4v) is 1.92. The largest absolute Gasteiger partial charge is 0.303 e. The van der Waals surface area contributed by atoms with Crippen LogP contribution in [-0.4, -0.2) is 17.1 Å². The number of benzene rings is 1. The Bertz CT molecular complexity index is 636. The van der Waals surface area contributed by atoms with Gasteiger partial charge in [0.2, 0.25) is 12.0 Å². The van der Waals surface area contributed by atoms with Crippen molar-refractivity contribution in [2.75, 3.05) is 0 Å². The molecule has 0 N–H and O–H groups in total. The Morgan fingerprint density at radius 1 is 1.39 bits per heavy atom. The van der Waals surface area contributed by atoms with Crippen LogP contribution < -0.4 is 0 Å². The number of hydrogen-bond donors (Lipinski definition) is 0. The van der Waals surface area contributed by atoms with Gasteiger partial charge in [0, 0.05) is 5.56 Å². The van der Waals surface area contributed by atoms with Crippen LogP contribution in [0.25, 0.3) is 0 Å². The lowest BCUT2D eigenvalue weighted by Gasteiger charge is -2.22. The van der Waals surface area contributed by atoms with E-state index in [0.717, 1.165) is 0 Å². The van der Waals surface area contributed by atoms with Crippen LogP contribution in [0, 0.1) is 22.8 Å². The van der Waals surface area contributed by atoms with Crippen molar-refractivity contribution in [3.8, 4) is 12.3 Å². The number of aliphatic imine (C=N–C) groups is 2. The molecule has 0 amide bonds. The Labute approximate surface area is 113 Å². The molecule has 2 rings (SSSR count). The van der Waals surface area contributed by atoms with E-state index in [2.05, 4.69) is 9.98 Å². The maximum absolute atomic E-state index is 8.89. The number of hydrogen-bond acceptors (Lipinski definition) is 4. The van der Waals surface area contributed by atoms with E-state index < -0.39 is 0 Å². The Kier molecular flexibility index (Phi) is 3.47. The zero-order valence-corrected chi connectivity index (χ0v) is 10.4. The first-order chi connectivity index (χ1) is 8.67. The van der Waals surface area contributed by atoms with E-state index in [0.29, 0.717) is 27.8 Å². The van der Waals surface area contributed by atoms with Gasteiger partial charge in [0.1, 0.15) is 6.07 Å². The maximum atomic E-state index is 8.89. The smallest absolute Gasteiger partial charge is 0.225 e. The van der Waals surface area contributed by atoms with E-state index >= 15 is 0 Å². The molecule has 0 bridgehead atoms. The van der Waals surface area contributed by atoms with Crippen molar-refractivity contribution in [3.05, 3.63) is 27.7 Å². The molecule has 1 aliphatic rings. The van der Waals surface area contributed by atoms with Crippen molar-refractivity contribution >= 4 is 41.1 Å².